The molecule has 0 radical (unpaired) electrons. The molecule has 98 valence electrons. The highest BCUT2D eigenvalue weighted by Crippen LogP contribution is 2.29. The Bertz CT molecular complexity index is 460. The Morgan fingerprint density at radius 2 is 2.28 bits per heavy atom. The molecule has 1 aromatic heterocycles. The number of imide groups is 1. The molecule has 1 aromatic rings. The number of hydrogen-bond acceptors (Lipinski definition) is 4. The van der Waals surface area contributed by atoms with Crippen LogP contribution in [-0.2, 0) is 10.3 Å². The normalized spacial score (nSPS) is 25.4. The van der Waals surface area contributed by atoms with E-state index in [1.165, 1.54) is 11.2 Å². The average Bonchev–Trinajstić information content (AvgIpc) is 2.93. The minimum Gasteiger partial charge on any atom is -0.466 e. The quantitative estimate of drug-likeness (QED) is 0.644. The van der Waals surface area contributed by atoms with Crippen molar-refractivity contribution in [2.45, 2.75) is 19.4 Å². The van der Waals surface area contributed by atoms with Crippen molar-refractivity contribution in [3.05, 3.63) is 24.2 Å². The van der Waals surface area contributed by atoms with Crippen molar-refractivity contribution in [1.82, 2.24) is 10.2 Å². The van der Waals surface area contributed by atoms with Crippen molar-refractivity contribution in [1.29, 1.82) is 0 Å². The molecular weight excluding hydrogens is 252 g/mol. The van der Waals surface area contributed by atoms with Gasteiger partial charge in [0.15, 0.2) is 5.54 Å². The van der Waals surface area contributed by atoms with Gasteiger partial charge in [-0.1, -0.05) is 6.92 Å². The van der Waals surface area contributed by atoms with E-state index in [1.54, 1.807) is 19.1 Å². The topological polar surface area (TPSA) is 62.6 Å². The number of furan rings is 1. The van der Waals surface area contributed by atoms with E-state index < -0.39 is 5.54 Å². The van der Waals surface area contributed by atoms with Gasteiger partial charge in [-0.3, -0.25) is 9.69 Å². The monoisotopic (exact) mass is 268 g/mol. The van der Waals surface area contributed by atoms with E-state index in [9.17, 15) is 9.59 Å². The lowest BCUT2D eigenvalue weighted by Gasteiger charge is -2.20. The van der Waals surface area contributed by atoms with Crippen molar-refractivity contribution in [3.63, 3.8) is 0 Å². The molecule has 2 atom stereocenters. The number of nitrogens with one attached hydrogen (secondary N) is 1. The van der Waals surface area contributed by atoms with E-state index in [4.69, 9.17) is 4.42 Å². The van der Waals surface area contributed by atoms with Gasteiger partial charge >= 0.3 is 6.03 Å². The number of hydrogen-bond donors (Lipinski definition) is 2. The van der Waals surface area contributed by atoms with Crippen LogP contribution in [0.15, 0.2) is 22.8 Å². The summed E-state index contributed by atoms with van der Waals surface area (Å²) in [6.45, 7) is 3.96. The second-order valence-corrected chi connectivity index (χ2v) is 5.10. The average molecular weight is 268 g/mol. The van der Waals surface area contributed by atoms with Crippen LogP contribution in [0.4, 0.5) is 4.79 Å². The van der Waals surface area contributed by atoms with Crippen LogP contribution in [0.25, 0.3) is 0 Å². The molecule has 5 nitrogen and oxygen atoms in total. The highest BCUT2D eigenvalue weighted by molar-refractivity contribution is 7.80. The molecule has 0 aromatic carbocycles. The molecule has 2 unspecified atom stereocenters. The van der Waals surface area contributed by atoms with Gasteiger partial charge in [0.2, 0.25) is 0 Å². The van der Waals surface area contributed by atoms with E-state index >= 15 is 0 Å². The van der Waals surface area contributed by atoms with E-state index in [2.05, 4.69) is 17.9 Å². The van der Waals surface area contributed by atoms with Crippen LogP contribution in [0.5, 0.6) is 0 Å². The number of carbonyl (C=O) groups excluding carboxylic acids is 2. The SMILES string of the molecule is CC(CS)CN1C(=O)NC(C)(c2ccco2)C1=O. The minimum absolute atomic E-state index is 0.155. The smallest absolute Gasteiger partial charge is 0.325 e. The van der Waals surface area contributed by atoms with Gasteiger partial charge in [-0.05, 0) is 30.7 Å². The molecule has 0 bridgehead atoms. The van der Waals surface area contributed by atoms with Crippen LogP contribution in [0.2, 0.25) is 0 Å². The fourth-order valence-corrected chi connectivity index (χ4v) is 2.08. The molecule has 1 fully saturated rings. The highest BCUT2D eigenvalue weighted by Gasteiger charge is 2.50. The van der Waals surface area contributed by atoms with Crippen molar-refractivity contribution >= 4 is 24.6 Å². The molecule has 0 spiro atoms. The van der Waals surface area contributed by atoms with E-state index in [1.807, 2.05) is 6.92 Å². The molecular formula is C12H16N2O3S. The first-order valence-electron chi connectivity index (χ1n) is 5.78. The van der Waals surface area contributed by atoms with Crippen molar-refractivity contribution in [2.24, 2.45) is 5.92 Å². The molecule has 1 N–H and O–H groups in total. The fourth-order valence-electron chi connectivity index (χ4n) is 1.96. The maximum atomic E-state index is 12.3. The standard InChI is InChI=1S/C12H16N2O3S/c1-8(7-18)6-14-10(15)12(2,13-11(14)16)9-4-3-5-17-9/h3-5,8,18H,6-7H2,1-2H3,(H,13,16). The Balaban J connectivity index is 2.24. The molecule has 2 heterocycles. The molecule has 0 saturated carbocycles. The van der Waals surface area contributed by atoms with Crippen molar-refractivity contribution in [3.8, 4) is 0 Å². The van der Waals surface area contributed by atoms with Crippen LogP contribution < -0.4 is 5.32 Å². The van der Waals surface area contributed by atoms with Gasteiger partial charge in [-0.2, -0.15) is 12.6 Å². The molecule has 1 aliphatic heterocycles. The maximum absolute atomic E-state index is 12.3. The van der Waals surface area contributed by atoms with Crippen LogP contribution in [0.1, 0.15) is 19.6 Å². The van der Waals surface area contributed by atoms with Gasteiger partial charge in [-0.15, -0.1) is 0 Å². The Hall–Kier alpha value is -1.43. The third-order valence-corrected chi connectivity index (χ3v) is 3.72. The molecule has 2 rings (SSSR count). The fraction of sp³-hybridized carbons (Fsp3) is 0.500. The number of nitrogens with zero attached hydrogens (tertiary/aromatic N) is 1. The van der Waals surface area contributed by atoms with E-state index in [-0.39, 0.29) is 17.9 Å². The molecule has 1 aliphatic rings. The van der Waals surface area contributed by atoms with Crippen molar-refractivity contribution in [2.75, 3.05) is 12.3 Å². The number of urea groups is 1. The van der Waals surface area contributed by atoms with Gasteiger partial charge in [0, 0.05) is 6.54 Å². The Labute approximate surface area is 111 Å². The Morgan fingerprint density at radius 3 is 2.83 bits per heavy atom. The lowest BCUT2D eigenvalue weighted by atomic mass is 9.99. The second-order valence-electron chi connectivity index (χ2n) is 4.74. The molecule has 3 amide bonds. The summed E-state index contributed by atoms with van der Waals surface area (Å²) in [7, 11) is 0. The summed E-state index contributed by atoms with van der Waals surface area (Å²) in [6, 6.07) is 3.00. The lowest BCUT2D eigenvalue weighted by Crippen LogP contribution is -2.41. The summed E-state index contributed by atoms with van der Waals surface area (Å²) in [6.07, 6.45) is 1.49. The first kappa shape index (κ1) is 13.0. The zero-order valence-corrected chi connectivity index (χ0v) is 11.2. The first-order chi connectivity index (χ1) is 8.49. The largest absolute Gasteiger partial charge is 0.466 e. The van der Waals surface area contributed by atoms with Crippen molar-refractivity contribution < 1.29 is 14.0 Å². The minimum atomic E-state index is -1.10. The lowest BCUT2D eigenvalue weighted by molar-refractivity contribution is -0.131. The summed E-state index contributed by atoms with van der Waals surface area (Å²) in [5, 5.41) is 2.68. The van der Waals surface area contributed by atoms with E-state index in [0.717, 1.165) is 0 Å². The summed E-state index contributed by atoms with van der Waals surface area (Å²) < 4.78 is 5.24. The predicted molar refractivity (Wildman–Crippen MR) is 69.3 cm³/mol. The third kappa shape index (κ3) is 2.01. The van der Waals surface area contributed by atoms with Gasteiger partial charge in [0.05, 0.1) is 6.26 Å². The number of thiol groups is 1. The Morgan fingerprint density at radius 1 is 1.56 bits per heavy atom. The summed E-state index contributed by atoms with van der Waals surface area (Å²) in [5.41, 5.74) is -1.10. The van der Waals surface area contributed by atoms with Crippen LogP contribution in [0.3, 0.4) is 0 Å². The van der Waals surface area contributed by atoms with Crippen LogP contribution >= 0.6 is 12.6 Å². The highest BCUT2D eigenvalue weighted by atomic mass is 32.1. The molecule has 0 aliphatic carbocycles. The zero-order chi connectivity index (χ0) is 13.3. The first-order valence-corrected chi connectivity index (χ1v) is 6.41. The van der Waals surface area contributed by atoms with Gasteiger partial charge < -0.3 is 9.73 Å². The number of amides is 3. The van der Waals surface area contributed by atoms with Gasteiger partial charge in [-0.25, -0.2) is 4.79 Å². The number of rotatable bonds is 4. The summed E-state index contributed by atoms with van der Waals surface area (Å²) >= 11 is 4.16. The molecule has 6 heteroatoms. The maximum Gasteiger partial charge on any atom is 0.325 e. The molecule has 1 saturated heterocycles. The predicted octanol–water partition coefficient (Wildman–Crippen LogP) is 1.61. The van der Waals surface area contributed by atoms with E-state index in [0.29, 0.717) is 18.1 Å². The summed E-state index contributed by atoms with van der Waals surface area (Å²) in [4.78, 5) is 25.4. The van der Waals surface area contributed by atoms with Gasteiger partial charge in [0.1, 0.15) is 5.76 Å². The van der Waals surface area contributed by atoms with Crippen LogP contribution in [-0.4, -0.2) is 29.1 Å². The number of carbonyl (C=O) groups is 2. The second kappa shape index (κ2) is 4.68. The zero-order valence-electron chi connectivity index (χ0n) is 10.3. The van der Waals surface area contributed by atoms with Gasteiger partial charge in [0.25, 0.3) is 5.91 Å². The summed E-state index contributed by atoms with van der Waals surface area (Å²) in [5.74, 6) is 0.939. The third-order valence-electron chi connectivity index (χ3n) is 3.09. The molecule has 18 heavy (non-hydrogen) atoms. The van der Waals surface area contributed by atoms with Crippen LogP contribution in [0, 0.1) is 5.92 Å². The Kier molecular flexibility index (Phi) is 3.38.